The third-order valence-corrected chi connectivity index (χ3v) is 5.80. The molecule has 0 aromatic rings. The first-order valence-corrected chi connectivity index (χ1v) is 10.0. The summed E-state index contributed by atoms with van der Waals surface area (Å²) in [5, 5.41) is 6.39. The largest absolute Gasteiger partial charge is 0.356 e. The number of aliphatic imine (C=N–C) groups is 1. The molecule has 2 N–H and O–H groups in total. The molecule has 0 aromatic carbocycles. The molecule has 8 heteroatoms. The minimum atomic E-state index is -2.99. The Bertz CT molecular complexity index is 398. The molecular formula is C12H26N4O2S2. The second kappa shape index (κ2) is 9.46. The lowest BCUT2D eigenvalue weighted by Crippen LogP contribution is -2.42. The number of unbranched alkanes of at least 4 members (excludes halogenated alkanes) is 1. The van der Waals surface area contributed by atoms with Crippen molar-refractivity contribution in [2.45, 2.75) is 19.3 Å². The molecule has 0 aliphatic carbocycles. The van der Waals surface area contributed by atoms with Gasteiger partial charge >= 0.3 is 0 Å². The molecule has 0 spiro atoms. The minimum absolute atomic E-state index is 0.287. The lowest BCUT2D eigenvalue weighted by Gasteiger charge is -2.16. The van der Waals surface area contributed by atoms with Crippen molar-refractivity contribution in [3.63, 3.8) is 0 Å². The minimum Gasteiger partial charge on any atom is -0.356 e. The number of guanidine groups is 1. The van der Waals surface area contributed by atoms with Gasteiger partial charge in [0.2, 0.25) is 10.0 Å². The molecule has 0 bridgehead atoms. The van der Waals surface area contributed by atoms with E-state index in [1.165, 1.54) is 12.2 Å². The zero-order chi connectivity index (χ0) is 14.8. The van der Waals surface area contributed by atoms with Crippen LogP contribution in [-0.4, -0.2) is 69.7 Å². The summed E-state index contributed by atoms with van der Waals surface area (Å²) in [4.78, 5) is 4.13. The van der Waals surface area contributed by atoms with Gasteiger partial charge in [-0.3, -0.25) is 4.99 Å². The summed E-state index contributed by atoms with van der Waals surface area (Å²) in [6, 6.07) is 0. The van der Waals surface area contributed by atoms with Crippen LogP contribution in [0.3, 0.4) is 0 Å². The first-order valence-electron chi connectivity index (χ1n) is 7.01. The topological polar surface area (TPSA) is 73.8 Å². The van der Waals surface area contributed by atoms with Crippen LogP contribution in [0.15, 0.2) is 4.99 Å². The molecule has 1 aliphatic heterocycles. The predicted molar refractivity (Wildman–Crippen MR) is 87.0 cm³/mol. The monoisotopic (exact) mass is 322 g/mol. The Morgan fingerprint density at radius 2 is 2.05 bits per heavy atom. The summed E-state index contributed by atoms with van der Waals surface area (Å²) in [7, 11) is -1.26. The normalized spacial score (nSPS) is 19.2. The summed E-state index contributed by atoms with van der Waals surface area (Å²) in [6.07, 6.45) is 5.16. The Kier molecular flexibility index (Phi) is 8.32. The molecule has 1 aliphatic rings. The van der Waals surface area contributed by atoms with E-state index in [0.717, 1.165) is 25.3 Å². The molecule has 118 valence electrons. The molecule has 1 heterocycles. The summed E-state index contributed by atoms with van der Waals surface area (Å²) < 4.78 is 24.8. The summed E-state index contributed by atoms with van der Waals surface area (Å²) >= 11 is 1.86. The van der Waals surface area contributed by atoms with Gasteiger partial charge in [0.05, 0.1) is 5.75 Å². The molecule has 0 radical (unpaired) electrons. The first kappa shape index (κ1) is 17.6. The molecular weight excluding hydrogens is 296 g/mol. The number of thioether (sulfide) groups is 1. The van der Waals surface area contributed by atoms with E-state index < -0.39 is 10.0 Å². The maximum Gasteiger partial charge on any atom is 0.214 e. The standard InChI is InChI=1S/C12H26N4O2S2/c1-13-12(14-6-3-4-10-19-2)15-7-9-16-8-5-11-20(16,17)18/h3-11H2,1-2H3,(H2,13,14,15). The molecule has 20 heavy (non-hydrogen) atoms. The van der Waals surface area contributed by atoms with Crippen molar-refractivity contribution in [1.82, 2.24) is 14.9 Å². The molecule has 0 atom stereocenters. The van der Waals surface area contributed by atoms with E-state index >= 15 is 0 Å². The van der Waals surface area contributed by atoms with Crippen LogP contribution in [0.2, 0.25) is 0 Å². The van der Waals surface area contributed by atoms with Crippen LogP contribution in [0.1, 0.15) is 19.3 Å². The van der Waals surface area contributed by atoms with Gasteiger partial charge in [-0.1, -0.05) is 0 Å². The fourth-order valence-electron chi connectivity index (χ4n) is 2.04. The second-order valence-corrected chi connectivity index (χ2v) is 7.77. The molecule has 1 saturated heterocycles. The maximum absolute atomic E-state index is 11.6. The quantitative estimate of drug-likeness (QED) is 0.383. The number of sulfonamides is 1. The number of nitrogens with one attached hydrogen (secondary N) is 2. The van der Waals surface area contributed by atoms with Crippen molar-refractivity contribution in [2.24, 2.45) is 4.99 Å². The van der Waals surface area contributed by atoms with Crippen LogP contribution >= 0.6 is 11.8 Å². The first-order chi connectivity index (χ1) is 9.60. The van der Waals surface area contributed by atoms with Gasteiger partial charge in [-0.05, 0) is 31.3 Å². The highest BCUT2D eigenvalue weighted by Gasteiger charge is 2.27. The van der Waals surface area contributed by atoms with Crippen molar-refractivity contribution in [3.8, 4) is 0 Å². The molecule has 0 saturated carbocycles. The van der Waals surface area contributed by atoms with Gasteiger partial charge in [0, 0.05) is 33.2 Å². The van der Waals surface area contributed by atoms with Crippen molar-refractivity contribution < 1.29 is 8.42 Å². The average molecular weight is 323 g/mol. The molecule has 1 fully saturated rings. The van der Waals surface area contributed by atoms with E-state index in [2.05, 4.69) is 21.9 Å². The van der Waals surface area contributed by atoms with E-state index in [1.54, 1.807) is 11.4 Å². The van der Waals surface area contributed by atoms with Crippen molar-refractivity contribution in [2.75, 3.05) is 51.0 Å². The summed E-state index contributed by atoms with van der Waals surface area (Å²) in [5.74, 6) is 2.21. The Hall–Kier alpha value is -0.470. The lowest BCUT2D eigenvalue weighted by atomic mass is 10.3. The maximum atomic E-state index is 11.6. The number of rotatable bonds is 8. The smallest absolute Gasteiger partial charge is 0.214 e. The highest BCUT2D eigenvalue weighted by Crippen LogP contribution is 2.11. The zero-order valence-electron chi connectivity index (χ0n) is 12.4. The van der Waals surface area contributed by atoms with Gasteiger partial charge in [0.25, 0.3) is 0 Å². The van der Waals surface area contributed by atoms with E-state index in [1.807, 2.05) is 11.8 Å². The van der Waals surface area contributed by atoms with Gasteiger partial charge in [-0.25, -0.2) is 12.7 Å². The Morgan fingerprint density at radius 3 is 2.65 bits per heavy atom. The van der Waals surface area contributed by atoms with Gasteiger partial charge < -0.3 is 10.6 Å². The van der Waals surface area contributed by atoms with Gasteiger partial charge in [-0.2, -0.15) is 11.8 Å². The van der Waals surface area contributed by atoms with E-state index in [4.69, 9.17) is 0 Å². The van der Waals surface area contributed by atoms with Crippen molar-refractivity contribution in [3.05, 3.63) is 0 Å². The Morgan fingerprint density at radius 1 is 1.30 bits per heavy atom. The average Bonchev–Trinajstić information content (AvgIpc) is 2.75. The second-order valence-electron chi connectivity index (χ2n) is 4.69. The van der Waals surface area contributed by atoms with Gasteiger partial charge in [-0.15, -0.1) is 0 Å². The fraction of sp³-hybridized carbons (Fsp3) is 0.917. The van der Waals surface area contributed by atoms with E-state index in [0.29, 0.717) is 19.6 Å². The highest BCUT2D eigenvalue weighted by molar-refractivity contribution is 7.98. The number of nitrogens with zero attached hydrogens (tertiary/aromatic N) is 2. The molecule has 0 unspecified atom stereocenters. The Balaban J connectivity index is 2.15. The molecule has 0 aromatic heterocycles. The number of hydrogen-bond donors (Lipinski definition) is 2. The van der Waals surface area contributed by atoms with Crippen molar-refractivity contribution >= 4 is 27.7 Å². The fourth-order valence-corrected chi connectivity index (χ4v) is 4.06. The van der Waals surface area contributed by atoms with Crippen LogP contribution in [0.4, 0.5) is 0 Å². The molecule has 6 nitrogen and oxygen atoms in total. The van der Waals surface area contributed by atoms with Crippen LogP contribution in [0, 0.1) is 0 Å². The van der Waals surface area contributed by atoms with E-state index in [-0.39, 0.29) is 5.75 Å². The van der Waals surface area contributed by atoms with E-state index in [9.17, 15) is 8.42 Å². The van der Waals surface area contributed by atoms with Crippen LogP contribution in [0.5, 0.6) is 0 Å². The SMILES string of the molecule is CN=C(NCCCCSC)NCCN1CCCS1(=O)=O. The van der Waals surface area contributed by atoms with Crippen molar-refractivity contribution in [1.29, 1.82) is 0 Å². The van der Waals surface area contributed by atoms with Gasteiger partial charge in [0.1, 0.15) is 0 Å². The van der Waals surface area contributed by atoms with Crippen LogP contribution < -0.4 is 10.6 Å². The molecule has 1 rings (SSSR count). The van der Waals surface area contributed by atoms with Crippen LogP contribution in [-0.2, 0) is 10.0 Å². The highest BCUT2D eigenvalue weighted by atomic mass is 32.2. The Labute approximate surface area is 126 Å². The summed E-state index contributed by atoms with van der Waals surface area (Å²) in [5.41, 5.74) is 0. The predicted octanol–water partition coefficient (Wildman–Crippen LogP) is 0.330. The zero-order valence-corrected chi connectivity index (χ0v) is 14.0. The van der Waals surface area contributed by atoms with Crippen LogP contribution in [0.25, 0.3) is 0 Å². The summed E-state index contributed by atoms with van der Waals surface area (Å²) in [6.45, 7) is 2.63. The third-order valence-electron chi connectivity index (χ3n) is 3.15. The third kappa shape index (κ3) is 6.32. The molecule has 0 amide bonds. The lowest BCUT2D eigenvalue weighted by molar-refractivity contribution is 0.445. The number of hydrogen-bond acceptors (Lipinski definition) is 4. The van der Waals surface area contributed by atoms with Gasteiger partial charge in [0.15, 0.2) is 5.96 Å².